The zero-order chi connectivity index (χ0) is 13.1. The van der Waals surface area contributed by atoms with Gasteiger partial charge in [0.15, 0.2) is 0 Å². The number of thioether (sulfide) groups is 1. The van der Waals surface area contributed by atoms with Crippen LogP contribution in [0.3, 0.4) is 0 Å². The molecule has 94 valence electrons. The number of aromatic hydroxyl groups is 1. The molecule has 0 spiro atoms. The molecule has 1 aromatic carbocycles. The molecule has 0 aromatic heterocycles. The van der Waals surface area contributed by atoms with Gasteiger partial charge in [-0.1, -0.05) is 0 Å². The second kappa shape index (κ2) is 5.14. The number of phenolic OH excluding ortho intramolecular Hbond substituents is 1. The van der Waals surface area contributed by atoms with Crippen molar-refractivity contribution in [2.75, 3.05) is 6.61 Å². The van der Waals surface area contributed by atoms with E-state index in [0.29, 0.717) is 17.9 Å². The summed E-state index contributed by atoms with van der Waals surface area (Å²) >= 11 is 0.811. The van der Waals surface area contributed by atoms with Gasteiger partial charge in [-0.15, -0.1) is 0 Å². The number of carbonyl (C=O) groups excluding carboxylic acids is 2. The van der Waals surface area contributed by atoms with E-state index in [0.717, 1.165) is 11.8 Å². The summed E-state index contributed by atoms with van der Waals surface area (Å²) in [6.07, 6.45) is 1.47. The fourth-order valence-corrected chi connectivity index (χ4v) is 2.14. The third kappa shape index (κ3) is 2.65. The van der Waals surface area contributed by atoms with Crippen LogP contribution in [0.25, 0.3) is 6.08 Å². The molecule has 1 fully saturated rings. The molecule has 0 unspecified atom stereocenters. The molecule has 1 aromatic rings. The van der Waals surface area contributed by atoms with Crippen LogP contribution < -0.4 is 10.1 Å². The van der Waals surface area contributed by atoms with Crippen molar-refractivity contribution < 1.29 is 19.4 Å². The summed E-state index contributed by atoms with van der Waals surface area (Å²) in [7, 11) is 0. The van der Waals surface area contributed by atoms with Crippen molar-refractivity contribution in [3.63, 3.8) is 0 Å². The zero-order valence-corrected chi connectivity index (χ0v) is 10.4. The van der Waals surface area contributed by atoms with Gasteiger partial charge in [0.2, 0.25) is 0 Å². The van der Waals surface area contributed by atoms with Crippen molar-refractivity contribution in [1.29, 1.82) is 0 Å². The second-order valence-electron chi connectivity index (χ2n) is 3.51. The first-order chi connectivity index (χ1) is 8.60. The molecule has 1 aliphatic heterocycles. The van der Waals surface area contributed by atoms with Crippen LogP contribution in [0.15, 0.2) is 23.1 Å². The monoisotopic (exact) mass is 265 g/mol. The Morgan fingerprint density at radius 2 is 2.22 bits per heavy atom. The normalized spacial score (nSPS) is 17.1. The third-order valence-electron chi connectivity index (χ3n) is 2.24. The molecule has 1 aliphatic rings. The Kier molecular flexibility index (Phi) is 3.57. The summed E-state index contributed by atoms with van der Waals surface area (Å²) in [5.41, 5.74) is 0.464. The molecule has 0 aliphatic carbocycles. The Bertz CT molecular complexity index is 539. The molecule has 18 heavy (non-hydrogen) atoms. The quantitative estimate of drug-likeness (QED) is 0.819. The van der Waals surface area contributed by atoms with Crippen LogP contribution in [-0.4, -0.2) is 22.9 Å². The van der Waals surface area contributed by atoms with E-state index in [9.17, 15) is 14.7 Å². The van der Waals surface area contributed by atoms with Crippen molar-refractivity contribution in [3.8, 4) is 11.5 Å². The number of imide groups is 1. The van der Waals surface area contributed by atoms with Crippen LogP contribution >= 0.6 is 11.8 Å². The minimum atomic E-state index is -0.446. The lowest BCUT2D eigenvalue weighted by molar-refractivity contribution is -0.115. The van der Waals surface area contributed by atoms with Gasteiger partial charge in [0, 0.05) is 11.6 Å². The Morgan fingerprint density at radius 1 is 1.44 bits per heavy atom. The largest absolute Gasteiger partial charge is 0.507 e. The van der Waals surface area contributed by atoms with Gasteiger partial charge in [-0.3, -0.25) is 14.9 Å². The van der Waals surface area contributed by atoms with Crippen LogP contribution in [0.4, 0.5) is 4.79 Å². The van der Waals surface area contributed by atoms with Gasteiger partial charge in [0.25, 0.3) is 11.1 Å². The van der Waals surface area contributed by atoms with Crippen LogP contribution in [0.5, 0.6) is 11.5 Å². The second-order valence-corrected chi connectivity index (χ2v) is 4.52. The number of nitrogens with one attached hydrogen (secondary N) is 1. The highest BCUT2D eigenvalue weighted by atomic mass is 32.2. The van der Waals surface area contributed by atoms with E-state index in [1.54, 1.807) is 12.1 Å². The van der Waals surface area contributed by atoms with Gasteiger partial charge in [-0.2, -0.15) is 0 Å². The first kappa shape index (κ1) is 12.5. The van der Waals surface area contributed by atoms with Crippen molar-refractivity contribution in [2.24, 2.45) is 0 Å². The number of phenols is 1. The molecule has 0 atom stereocenters. The fraction of sp³-hybridized carbons (Fsp3) is 0.167. The molecule has 2 amide bonds. The molecular weight excluding hydrogens is 254 g/mol. The summed E-state index contributed by atoms with van der Waals surface area (Å²) in [4.78, 5) is 22.6. The molecule has 0 bridgehead atoms. The summed E-state index contributed by atoms with van der Waals surface area (Å²) in [6.45, 7) is 2.35. The Balaban J connectivity index is 2.27. The number of hydrogen-bond donors (Lipinski definition) is 2. The van der Waals surface area contributed by atoms with Crippen molar-refractivity contribution in [3.05, 3.63) is 28.7 Å². The van der Waals surface area contributed by atoms with Crippen LogP contribution in [0.2, 0.25) is 0 Å². The maximum atomic E-state index is 11.3. The molecule has 0 radical (unpaired) electrons. The summed E-state index contributed by atoms with van der Waals surface area (Å²) in [5, 5.41) is 11.5. The third-order valence-corrected chi connectivity index (χ3v) is 3.05. The highest BCUT2D eigenvalue weighted by Gasteiger charge is 2.25. The predicted molar refractivity (Wildman–Crippen MR) is 68.4 cm³/mol. The molecule has 1 heterocycles. The number of rotatable bonds is 3. The molecular formula is C12H11NO4S. The maximum absolute atomic E-state index is 11.3. The number of ether oxygens (including phenoxy) is 1. The summed E-state index contributed by atoms with van der Waals surface area (Å²) in [5.74, 6) is 0.108. The van der Waals surface area contributed by atoms with Crippen LogP contribution in [0, 0.1) is 0 Å². The lowest BCUT2D eigenvalue weighted by Gasteiger charge is -2.05. The SMILES string of the molecule is CCOc1ccc(/C=C2\SC(=O)NC2=O)c(O)c1. The van der Waals surface area contributed by atoms with Gasteiger partial charge in [-0.05, 0) is 36.9 Å². The molecule has 0 saturated carbocycles. The van der Waals surface area contributed by atoms with E-state index < -0.39 is 11.1 Å². The molecule has 5 nitrogen and oxygen atoms in total. The standard InChI is InChI=1S/C12H11NO4S/c1-2-17-8-4-3-7(9(14)6-8)5-10-11(15)13-12(16)18-10/h3-6,14H,2H2,1H3,(H,13,15,16)/b10-5-. The smallest absolute Gasteiger partial charge is 0.290 e. The van der Waals surface area contributed by atoms with E-state index in [1.807, 2.05) is 6.92 Å². The number of amides is 2. The van der Waals surface area contributed by atoms with E-state index in [2.05, 4.69) is 5.32 Å². The van der Waals surface area contributed by atoms with Crippen LogP contribution in [0.1, 0.15) is 12.5 Å². The van der Waals surface area contributed by atoms with Crippen LogP contribution in [-0.2, 0) is 4.79 Å². The van der Waals surface area contributed by atoms with Gasteiger partial charge >= 0.3 is 0 Å². The fourth-order valence-electron chi connectivity index (χ4n) is 1.46. The summed E-state index contributed by atoms with van der Waals surface area (Å²) in [6, 6.07) is 4.79. The Hall–Kier alpha value is -1.95. The predicted octanol–water partition coefficient (Wildman–Crippen LogP) is 2.11. The molecule has 1 saturated heterocycles. The first-order valence-electron chi connectivity index (χ1n) is 5.31. The molecule has 6 heteroatoms. The van der Waals surface area contributed by atoms with E-state index in [-0.39, 0.29) is 10.7 Å². The highest BCUT2D eigenvalue weighted by Crippen LogP contribution is 2.30. The zero-order valence-electron chi connectivity index (χ0n) is 9.60. The average molecular weight is 265 g/mol. The average Bonchev–Trinajstić information content (AvgIpc) is 2.62. The van der Waals surface area contributed by atoms with Crippen molar-refractivity contribution in [2.45, 2.75) is 6.92 Å². The van der Waals surface area contributed by atoms with E-state index in [4.69, 9.17) is 4.74 Å². The van der Waals surface area contributed by atoms with Crippen molar-refractivity contribution >= 4 is 29.0 Å². The molecule has 2 rings (SSSR count). The topological polar surface area (TPSA) is 75.6 Å². The van der Waals surface area contributed by atoms with E-state index in [1.165, 1.54) is 12.1 Å². The van der Waals surface area contributed by atoms with Gasteiger partial charge in [-0.25, -0.2) is 0 Å². The maximum Gasteiger partial charge on any atom is 0.290 e. The number of carbonyl (C=O) groups is 2. The van der Waals surface area contributed by atoms with E-state index >= 15 is 0 Å². The van der Waals surface area contributed by atoms with Gasteiger partial charge in [0.05, 0.1) is 11.5 Å². The minimum Gasteiger partial charge on any atom is -0.507 e. The minimum absolute atomic E-state index is 0.00111. The lowest BCUT2D eigenvalue weighted by Crippen LogP contribution is -2.17. The Labute approximate surface area is 108 Å². The van der Waals surface area contributed by atoms with Crippen molar-refractivity contribution in [1.82, 2.24) is 5.32 Å². The highest BCUT2D eigenvalue weighted by molar-refractivity contribution is 8.18. The number of benzene rings is 1. The lowest BCUT2D eigenvalue weighted by atomic mass is 10.1. The first-order valence-corrected chi connectivity index (χ1v) is 6.12. The summed E-state index contributed by atoms with van der Waals surface area (Å²) < 4.78 is 5.23. The van der Waals surface area contributed by atoms with Gasteiger partial charge in [0.1, 0.15) is 11.5 Å². The van der Waals surface area contributed by atoms with Gasteiger partial charge < -0.3 is 9.84 Å². The Morgan fingerprint density at radius 3 is 2.78 bits per heavy atom. The molecule has 2 N–H and O–H groups in total. The number of hydrogen-bond acceptors (Lipinski definition) is 5.